The average Bonchev–Trinajstić information content (AvgIpc) is 3.23. The fraction of sp³-hybridized carbons (Fsp3) is 0.250. The number of ether oxygens (including phenoxy) is 1. The number of hydrazone groups is 1. The summed E-state index contributed by atoms with van der Waals surface area (Å²) in [6, 6.07) is 9.39. The van der Waals surface area contributed by atoms with Crippen molar-refractivity contribution in [2.45, 2.75) is 12.8 Å². The number of anilines is 2. The van der Waals surface area contributed by atoms with Gasteiger partial charge in [-0.05, 0) is 29.8 Å². The largest absolute Gasteiger partial charge is 0.492 e. The number of nitrogens with one attached hydrogen (secondary N) is 2. The van der Waals surface area contributed by atoms with Crippen LogP contribution in [-0.2, 0) is 4.79 Å². The summed E-state index contributed by atoms with van der Waals surface area (Å²) in [5, 5.41) is 13.4. The van der Waals surface area contributed by atoms with Crippen LogP contribution in [0.2, 0.25) is 5.02 Å². The molecule has 1 unspecified atom stereocenters. The third kappa shape index (κ3) is 5.51. The van der Waals surface area contributed by atoms with Crippen molar-refractivity contribution in [1.29, 1.82) is 0 Å². The molecule has 1 aliphatic heterocycles. The monoisotopic (exact) mass is 462 g/mol. The second-order valence-electron chi connectivity index (χ2n) is 7.69. The second kappa shape index (κ2) is 9.76. The van der Waals surface area contributed by atoms with Gasteiger partial charge in [0.15, 0.2) is 0 Å². The predicted molar refractivity (Wildman–Crippen MR) is 130 cm³/mol. The molecule has 0 radical (unpaired) electrons. The molecule has 0 bridgehead atoms. The summed E-state index contributed by atoms with van der Waals surface area (Å²) in [4.78, 5) is 20.1. The zero-order valence-corrected chi connectivity index (χ0v) is 19.1. The average molecular weight is 463 g/mol. The first-order chi connectivity index (χ1) is 15.9. The van der Waals surface area contributed by atoms with E-state index in [-0.39, 0.29) is 11.8 Å². The molecule has 0 saturated carbocycles. The Morgan fingerprint density at radius 2 is 2.18 bits per heavy atom. The number of likely N-dealkylation sites (N-methyl/N-ethyl adjacent to an activating group) is 1. The Kier molecular flexibility index (Phi) is 6.61. The van der Waals surface area contributed by atoms with E-state index in [1.165, 1.54) is 6.92 Å². The van der Waals surface area contributed by atoms with Crippen molar-refractivity contribution in [3.05, 3.63) is 52.7 Å². The van der Waals surface area contributed by atoms with E-state index in [1.807, 2.05) is 42.5 Å². The van der Waals surface area contributed by atoms with Crippen molar-refractivity contribution in [3.8, 4) is 18.1 Å². The Hall–Kier alpha value is -3.83. The maximum Gasteiger partial charge on any atom is 0.227 e. The molecule has 1 atom stereocenters. The zero-order chi connectivity index (χ0) is 23.4. The topological polar surface area (TPSA) is 91.7 Å². The molecular formula is C24H23ClN6O2. The highest BCUT2D eigenvalue weighted by Crippen LogP contribution is 2.30. The van der Waals surface area contributed by atoms with Gasteiger partial charge in [-0.1, -0.05) is 17.5 Å². The molecule has 0 fully saturated rings. The van der Waals surface area contributed by atoms with Crippen molar-refractivity contribution in [2.24, 2.45) is 5.10 Å². The van der Waals surface area contributed by atoms with Gasteiger partial charge in [-0.15, -0.1) is 6.42 Å². The fourth-order valence-electron chi connectivity index (χ4n) is 3.53. The normalized spacial score (nSPS) is 14.8. The van der Waals surface area contributed by atoms with Gasteiger partial charge >= 0.3 is 0 Å². The number of hydrogen-bond donors (Lipinski definition) is 2. The number of amides is 1. The van der Waals surface area contributed by atoms with Gasteiger partial charge in [0, 0.05) is 61.5 Å². The molecule has 2 heterocycles. The van der Waals surface area contributed by atoms with Crippen molar-refractivity contribution >= 4 is 46.3 Å². The summed E-state index contributed by atoms with van der Waals surface area (Å²) in [5.74, 6) is 3.68. The molecule has 2 N–H and O–H groups in total. The molecule has 2 aromatic carbocycles. The summed E-state index contributed by atoms with van der Waals surface area (Å²) in [6.45, 7) is 3.01. The second-order valence-corrected chi connectivity index (χ2v) is 8.10. The summed E-state index contributed by atoms with van der Waals surface area (Å²) < 4.78 is 5.88. The highest BCUT2D eigenvalue weighted by atomic mass is 35.5. The lowest BCUT2D eigenvalue weighted by Gasteiger charge is -2.16. The van der Waals surface area contributed by atoms with Crippen LogP contribution in [0.4, 0.5) is 11.6 Å². The maximum atomic E-state index is 11.1. The predicted octanol–water partition coefficient (Wildman–Crippen LogP) is 3.54. The highest BCUT2D eigenvalue weighted by Gasteiger charge is 2.19. The minimum absolute atomic E-state index is 0.0959. The van der Waals surface area contributed by atoms with Gasteiger partial charge in [0.1, 0.15) is 12.4 Å². The molecular weight excluding hydrogens is 440 g/mol. The number of carbonyl (C=O) groups is 1. The number of fused-ring (bicyclic) bond motifs is 1. The Morgan fingerprint density at radius 3 is 2.91 bits per heavy atom. The van der Waals surface area contributed by atoms with Gasteiger partial charge in [0.25, 0.3) is 0 Å². The highest BCUT2D eigenvalue weighted by molar-refractivity contribution is 6.35. The Morgan fingerprint density at radius 1 is 1.33 bits per heavy atom. The SMILES string of the molecule is C#Cc1cc(Cl)c2nc(Nc3cc(OCCNC(C)=O)cc(C4C=NN(C)C4)c3)ncc2c1. The van der Waals surface area contributed by atoms with Gasteiger partial charge in [-0.2, -0.15) is 5.10 Å². The first-order valence-electron chi connectivity index (χ1n) is 10.4. The van der Waals surface area contributed by atoms with E-state index in [1.54, 1.807) is 12.3 Å². The summed E-state index contributed by atoms with van der Waals surface area (Å²) >= 11 is 6.38. The molecule has 4 rings (SSSR count). The molecule has 0 spiro atoms. The fourth-order valence-corrected chi connectivity index (χ4v) is 3.80. The maximum absolute atomic E-state index is 11.1. The van der Waals surface area contributed by atoms with Crippen LogP contribution in [0.25, 0.3) is 10.9 Å². The van der Waals surface area contributed by atoms with E-state index in [2.05, 4.69) is 31.6 Å². The lowest BCUT2D eigenvalue weighted by atomic mass is 10.00. The van der Waals surface area contributed by atoms with E-state index < -0.39 is 0 Å². The quantitative estimate of drug-likeness (QED) is 0.412. The van der Waals surface area contributed by atoms with Crippen molar-refractivity contribution in [3.63, 3.8) is 0 Å². The standard InChI is InChI=1S/C24H23ClN6O2/c1-4-16-7-18-12-27-24(30-23(18)22(25)8-16)29-20-9-17(19-13-28-31(3)14-19)10-21(11-20)33-6-5-26-15(2)32/h1,7-13,19H,5-6,14H2,2-3H3,(H,26,32)(H,27,29,30). The molecule has 1 amide bonds. The number of terminal acetylenes is 1. The first-order valence-corrected chi connectivity index (χ1v) is 10.8. The molecule has 33 heavy (non-hydrogen) atoms. The molecule has 1 aliphatic rings. The number of nitrogens with zero attached hydrogens (tertiary/aromatic N) is 4. The minimum Gasteiger partial charge on any atom is -0.492 e. The molecule has 0 saturated heterocycles. The number of halogens is 1. The number of rotatable bonds is 7. The van der Waals surface area contributed by atoms with Crippen molar-refractivity contribution in [2.75, 3.05) is 32.1 Å². The summed E-state index contributed by atoms with van der Waals surface area (Å²) in [5.41, 5.74) is 3.09. The number of aromatic nitrogens is 2. The Labute approximate surface area is 197 Å². The molecule has 3 aromatic rings. The molecule has 168 valence electrons. The van der Waals surface area contributed by atoms with Crippen LogP contribution >= 0.6 is 11.6 Å². The van der Waals surface area contributed by atoms with Gasteiger partial charge in [-0.3, -0.25) is 9.80 Å². The van der Waals surface area contributed by atoms with E-state index >= 15 is 0 Å². The Bertz CT molecular complexity index is 1270. The molecule has 0 aliphatic carbocycles. The molecule has 9 heteroatoms. The third-order valence-corrected chi connectivity index (χ3v) is 5.35. The lowest BCUT2D eigenvalue weighted by Crippen LogP contribution is -2.25. The minimum atomic E-state index is -0.0959. The summed E-state index contributed by atoms with van der Waals surface area (Å²) in [6.07, 6.45) is 9.08. The van der Waals surface area contributed by atoms with Crippen LogP contribution in [-0.4, -0.2) is 53.8 Å². The van der Waals surface area contributed by atoms with E-state index in [4.69, 9.17) is 22.8 Å². The molecule has 1 aromatic heterocycles. The van der Waals surface area contributed by atoms with Gasteiger partial charge in [-0.25, -0.2) is 9.97 Å². The van der Waals surface area contributed by atoms with Crippen molar-refractivity contribution in [1.82, 2.24) is 20.3 Å². The van der Waals surface area contributed by atoms with Crippen LogP contribution in [0.5, 0.6) is 5.75 Å². The smallest absolute Gasteiger partial charge is 0.227 e. The van der Waals surface area contributed by atoms with Crippen molar-refractivity contribution < 1.29 is 9.53 Å². The summed E-state index contributed by atoms with van der Waals surface area (Å²) in [7, 11) is 1.93. The van der Waals surface area contributed by atoms with Gasteiger partial charge in [0.05, 0.1) is 17.1 Å². The number of benzene rings is 2. The van der Waals surface area contributed by atoms with Crippen LogP contribution in [0, 0.1) is 12.3 Å². The number of carbonyl (C=O) groups excluding carboxylic acids is 1. The van der Waals surface area contributed by atoms with E-state index in [0.29, 0.717) is 41.0 Å². The molecule has 8 nitrogen and oxygen atoms in total. The van der Waals surface area contributed by atoms with E-state index in [0.717, 1.165) is 23.2 Å². The third-order valence-electron chi connectivity index (χ3n) is 5.07. The van der Waals surface area contributed by atoms with Gasteiger partial charge in [0.2, 0.25) is 11.9 Å². The van der Waals surface area contributed by atoms with Crippen LogP contribution in [0.1, 0.15) is 24.0 Å². The Balaban J connectivity index is 1.60. The van der Waals surface area contributed by atoms with Crippen LogP contribution in [0.3, 0.4) is 0 Å². The lowest BCUT2D eigenvalue weighted by molar-refractivity contribution is -0.119. The van der Waals surface area contributed by atoms with Crippen LogP contribution in [0.15, 0.2) is 41.6 Å². The first kappa shape index (κ1) is 22.4. The van der Waals surface area contributed by atoms with E-state index in [9.17, 15) is 4.79 Å². The van der Waals surface area contributed by atoms with Crippen LogP contribution < -0.4 is 15.4 Å². The number of hydrogen-bond acceptors (Lipinski definition) is 7. The van der Waals surface area contributed by atoms with Gasteiger partial charge < -0.3 is 15.4 Å². The zero-order valence-electron chi connectivity index (χ0n) is 18.3.